The number of sulfonamides is 1. The van der Waals surface area contributed by atoms with Crippen LogP contribution in [-0.2, 0) is 10.0 Å². The number of primary sulfonamides is 1. The Morgan fingerprint density at radius 3 is 2.62 bits per heavy atom. The van der Waals surface area contributed by atoms with E-state index in [2.05, 4.69) is 4.42 Å². The van der Waals surface area contributed by atoms with Crippen LogP contribution in [0.15, 0.2) is 21.8 Å². The normalized spacial score (nSPS) is 11.2. The Hall–Kier alpha value is -1.38. The van der Waals surface area contributed by atoms with Crippen LogP contribution in [0.3, 0.4) is 0 Å². The van der Waals surface area contributed by atoms with Gasteiger partial charge in [-0.2, -0.15) is 0 Å². The van der Waals surface area contributed by atoms with E-state index < -0.39 is 21.0 Å². The molecule has 1 amide bonds. The van der Waals surface area contributed by atoms with Crippen molar-refractivity contribution in [3.05, 3.63) is 17.9 Å². The first-order chi connectivity index (χ1) is 5.95. The monoisotopic (exact) mass is 206 g/mol. The van der Waals surface area contributed by atoms with E-state index in [1.807, 2.05) is 0 Å². The lowest BCUT2D eigenvalue weighted by atomic mass is 10.3. The van der Waals surface area contributed by atoms with Crippen molar-refractivity contribution in [1.29, 1.82) is 0 Å². The molecular formula is C5H6N2O5S. The number of amides is 1. The number of carbonyl (C=O) groups excluding carboxylic acids is 1. The minimum Gasteiger partial charge on any atom is -0.451 e. The number of hydroxylamine groups is 1. The zero-order valence-corrected chi connectivity index (χ0v) is 7.04. The van der Waals surface area contributed by atoms with Gasteiger partial charge in [-0.3, -0.25) is 10.0 Å². The quantitative estimate of drug-likeness (QED) is 0.425. The summed E-state index contributed by atoms with van der Waals surface area (Å²) in [6.07, 6.45) is 0.866. The Kier molecular flexibility index (Phi) is 2.36. The van der Waals surface area contributed by atoms with E-state index in [-0.39, 0.29) is 5.56 Å². The molecule has 1 aromatic rings. The molecule has 13 heavy (non-hydrogen) atoms. The molecular weight excluding hydrogens is 200 g/mol. The molecule has 72 valence electrons. The van der Waals surface area contributed by atoms with Crippen molar-refractivity contribution in [1.82, 2.24) is 5.48 Å². The first-order valence-electron chi connectivity index (χ1n) is 3.01. The number of hydrogen-bond donors (Lipinski definition) is 3. The van der Waals surface area contributed by atoms with Gasteiger partial charge in [0, 0.05) is 6.07 Å². The molecule has 0 radical (unpaired) electrons. The standard InChI is InChI=1S/C5H6N2O5S/c6-13(10,11)4-1-3(2-12-4)5(8)7-9/h1-2,9H,(H,7,8)(H2,6,10,11). The lowest BCUT2D eigenvalue weighted by Gasteiger charge is -1.89. The van der Waals surface area contributed by atoms with E-state index in [9.17, 15) is 13.2 Å². The van der Waals surface area contributed by atoms with Crippen molar-refractivity contribution in [2.45, 2.75) is 5.09 Å². The Bertz CT molecular complexity index is 420. The lowest BCUT2D eigenvalue weighted by molar-refractivity contribution is 0.0705. The van der Waals surface area contributed by atoms with Crippen LogP contribution in [0.2, 0.25) is 0 Å². The third-order valence-electron chi connectivity index (χ3n) is 1.22. The molecule has 1 aromatic heterocycles. The molecule has 7 nitrogen and oxygen atoms in total. The number of hydrogen-bond acceptors (Lipinski definition) is 5. The Morgan fingerprint density at radius 1 is 1.62 bits per heavy atom. The third-order valence-corrected chi connectivity index (χ3v) is 1.99. The van der Waals surface area contributed by atoms with Crippen LogP contribution in [0.5, 0.6) is 0 Å². The van der Waals surface area contributed by atoms with Gasteiger partial charge in [0.25, 0.3) is 15.9 Å². The predicted octanol–water partition coefficient (Wildman–Crippen LogP) is -0.954. The van der Waals surface area contributed by atoms with Gasteiger partial charge < -0.3 is 4.42 Å². The maximum absolute atomic E-state index is 10.7. The zero-order valence-electron chi connectivity index (χ0n) is 6.22. The molecule has 0 saturated heterocycles. The molecule has 0 unspecified atom stereocenters. The van der Waals surface area contributed by atoms with Crippen LogP contribution >= 0.6 is 0 Å². The van der Waals surface area contributed by atoms with Gasteiger partial charge in [0.2, 0.25) is 5.09 Å². The summed E-state index contributed by atoms with van der Waals surface area (Å²) in [6, 6.07) is 0.904. The van der Waals surface area contributed by atoms with Crippen LogP contribution in [-0.4, -0.2) is 19.5 Å². The number of nitrogens with two attached hydrogens (primary N) is 1. The SMILES string of the molecule is NS(=O)(=O)c1cc(C(=O)NO)co1. The van der Waals surface area contributed by atoms with Gasteiger partial charge in [-0.05, 0) is 0 Å². The molecule has 0 saturated carbocycles. The molecule has 4 N–H and O–H groups in total. The summed E-state index contributed by atoms with van der Waals surface area (Å²) in [5, 5.41) is 12.3. The highest BCUT2D eigenvalue weighted by atomic mass is 32.2. The predicted molar refractivity (Wildman–Crippen MR) is 39.3 cm³/mol. The minimum atomic E-state index is -3.95. The Labute approximate surface area is 73.2 Å². The molecule has 0 aliphatic carbocycles. The van der Waals surface area contributed by atoms with Crippen molar-refractivity contribution < 1.29 is 22.8 Å². The number of furan rings is 1. The van der Waals surface area contributed by atoms with Gasteiger partial charge in [0.1, 0.15) is 6.26 Å². The molecule has 0 bridgehead atoms. The fourth-order valence-electron chi connectivity index (χ4n) is 0.649. The van der Waals surface area contributed by atoms with E-state index in [1.54, 1.807) is 0 Å². The van der Waals surface area contributed by atoms with Crippen molar-refractivity contribution in [2.24, 2.45) is 5.14 Å². The van der Waals surface area contributed by atoms with Gasteiger partial charge >= 0.3 is 0 Å². The highest BCUT2D eigenvalue weighted by molar-refractivity contribution is 7.89. The second-order valence-corrected chi connectivity index (χ2v) is 3.63. The second-order valence-electron chi connectivity index (χ2n) is 2.14. The first-order valence-corrected chi connectivity index (χ1v) is 4.55. The fourth-order valence-corrected chi connectivity index (χ4v) is 1.12. The highest BCUT2D eigenvalue weighted by Crippen LogP contribution is 2.11. The maximum Gasteiger partial charge on any atom is 0.277 e. The molecule has 0 aliphatic rings. The summed E-state index contributed by atoms with van der Waals surface area (Å²) in [5.41, 5.74) is 1.18. The summed E-state index contributed by atoms with van der Waals surface area (Å²) >= 11 is 0. The number of nitrogens with one attached hydrogen (secondary N) is 1. The molecule has 0 fully saturated rings. The smallest absolute Gasteiger partial charge is 0.277 e. The highest BCUT2D eigenvalue weighted by Gasteiger charge is 2.16. The maximum atomic E-state index is 10.7. The van der Waals surface area contributed by atoms with Crippen LogP contribution in [0.4, 0.5) is 0 Å². The van der Waals surface area contributed by atoms with Gasteiger partial charge in [0.15, 0.2) is 0 Å². The lowest BCUT2D eigenvalue weighted by Crippen LogP contribution is -2.18. The zero-order chi connectivity index (χ0) is 10.1. The summed E-state index contributed by atoms with van der Waals surface area (Å²) in [5.74, 6) is -0.876. The second kappa shape index (κ2) is 3.17. The summed E-state index contributed by atoms with van der Waals surface area (Å²) in [7, 11) is -3.95. The molecule has 1 heterocycles. The molecule has 8 heteroatoms. The van der Waals surface area contributed by atoms with Crippen molar-refractivity contribution in [3.8, 4) is 0 Å². The van der Waals surface area contributed by atoms with Crippen molar-refractivity contribution in [2.75, 3.05) is 0 Å². The van der Waals surface area contributed by atoms with Gasteiger partial charge in [-0.1, -0.05) is 0 Å². The average molecular weight is 206 g/mol. The molecule has 0 aliphatic heterocycles. The Morgan fingerprint density at radius 2 is 2.23 bits per heavy atom. The van der Waals surface area contributed by atoms with Crippen LogP contribution in [0, 0.1) is 0 Å². The first kappa shape index (κ1) is 9.71. The van der Waals surface area contributed by atoms with E-state index in [0.29, 0.717) is 0 Å². The molecule has 1 rings (SSSR count). The van der Waals surface area contributed by atoms with Crippen molar-refractivity contribution >= 4 is 15.9 Å². The minimum absolute atomic E-state index is 0.133. The molecule has 0 spiro atoms. The molecule has 0 aromatic carbocycles. The largest absolute Gasteiger partial charge is 0.451 e. The third kappa shape index (κ3) is 2.05. The van der Waals surface area contributed by atoms with Crippen LogP contribution in [0.25, 0.3) is 0 Å². The van der Waals surface area contributed by atoms with Gasteiger partial charge in [-0.15, -0.1) is 0 Å². The van der Waals surface area contributed by atoms with E-state index >= 15 is 0 Å². The Balaban J connectivity index is 3.07. The van der Waals surface area contributed by atoms with Crippen molar-refractivity contribution in [3.63, 3.8) is 0 Å². The topological polar surface area (TPSA) is 123 Å². The summed E-state index contributed by atoms with van der Waals surface area (Å²) in [6.45, 7) is 0. The fraction of sp³-hybridized carbons (Fsp3) is 0. The summed E-state index contributed by atoms with van der Waals surface area (Å²) in [4.78, 5) is 10.7. The van der Waals surface area contributed by atoms with Gasteiger partial charge in [0.05, 0.1) is 5.56 Å². The molecule has 0 atom stereocenters. The summed E-state index contributed by atoms with van der Waals surface area (Å²) < 4.78 is 25.8. The number of rotatable bonds is 2. The van der Waals surface area contributed by atoms with Crippen LogP contribution < -0.4 is 10.6 Å². The number of carbonyl (C=O) groups is 1. The van der Waals surface area contributed by atoms with E-state index in [0.717, 1.165) is 12.3 Å². The average Bonchev–Trinajstić information content (AvgIpc) is 2.50. The van der Waals surface area contributed by atoms with E-state index in [4.69, 9.17) is 10.3 Å². The van der Waals surface area contributed by atoms with Gasteiger partial charge in [-0.25, -0.2) is 19.0 Å². The van der Waals surface area contributed by atoms with Crippen LogP contribution in [0.1, 0.15) is 10.4 Å². The van der Waals surface area contributed by atoms with E-state index in [1.165, 1.54) is 5.48 Å².